The van der Waals surface area contributed by atoms with Gasteiger partial charge in [-0.1, -0.05) is 24.4 Å². The quantitative estimate of drug-likeness (QED) is 0.901. The zero-order valence-electron chi connectivity index (χ0n) is 9.49. The van der Waals surface area contributed by atoms with E-state index in [1.807, 2.05) is 6.07 Å². The van der Waals surface area contributed by atoms with Crippen molar-refractivity contribution < 1.29 is 14.6 Å². The monoisotopic (exact) mass is 254 g/mol. The predicted octanol–water partition coefficient (Wildman–Crippen LogP) is 2.94. The van der Waals surface area contributed by atoms with E-state index in [2.05, 4.69) is 0 Å². The number of aliphatic hydroxyl groups excluding tert-OH is 1. The molecule has 1 fully saturated rings. The van der Waals surface area contributed by atoms with E-state index in [1.165, 1.54) is 12.8 Å². The molecule has 0 saturated heterocycles. The van der Waals surface area contributed by atoms with Crippen molar-refractivity contribution in [3.8, 4) is 11.5 Å². The molecule has 1 unspecified atom stereocenters. The minimum absolute atomic E-state index is 0.495. The van der Waals surface area contributed by atoms with E-state index in [-0.39, 0.29) is 0 Å². The van der Waals surface area contributed by atoms with Gasteiger partial charge in [-0.2, -0.15) is 0 Å². The first-order chi connectivity index (χ1) is 8.24. The Balaban J connectivity index is 1.87. The van der Waals surface area contributed by atoms with Crippen molar-refractivity contribution in [2.45, 2.75) is 25.4 Å². The summed E-state index contributed by atoms with van der Waals surface area (Å²) in [6.45, 7) is 1.10. The molecule has 0 amide bonds. The van der Waals surface area contributed by atoms with E-state index in [0.29, 0.717) is 35.7 Å². The maximum atomic E-state index is 10.1. The van der Waals surface area contributed by atoms with Crippen LogP contribution >= 0.6 is 11.6 Å². The fourth-order valence-electron chi connectivity index (χ4n) is 2.13. The van der Waals surface area contributed by atoms with Gasteiger partial charge in [0, 0.05) is 11.6 Å². The maximum absolute atomic E-state index is 10.1. The highest BCUT2D eigenvalue weighted by Crippen LogP contribution is 2.42. The number of ether oxygens (including phenoxy) is 2. The summed E-state index contributed by atoms with van der Waals surface area (Å²) in [5.74, 6) is 2.02. The highest BCUT2D eigenvalue weighted by Gasteiger charge is 2.27. The van der Waals surface area contributed by atoms with Crippen molar-refractivity contribution in [3.05, 3.63) is 22.7 Å². The second-order valence-electron chi connectivity index (χ2n) is 4.71. The second kappa shape index (κ2) is 4.39. The average molecular weight is 255 g/mol. The van der Waals surface area contributed by atoms with Crippen LogP contribution in [0, 0.1) is 5.92 Å². The van der Waals surface area contributed by atoms with Crippen LogP contribution in [-0.2, 0) is 0 Å². The van der Waals surface area contributed by atoms with Crippen LogP contribution < -0.4 is 9.47 Å². The van der Waals surface area contributed by atoms with Crippen molar-refractivity contribution in [3.63, 3.8) is 0 Å². The van der Waals surface area contributed by atoms with Crippen molar-refractivity contribution in [1.82, 2.24) is 0 Å². The maximum Gasteiger partial charge on any atom is 0.162 e. The van der Waals surface area contributed by atoms with Gasteiger partial charge in [-0.25, -0.2) is 0 Å². The van der Waals surface area contributed by atoms with Gasteiger partial charge in [0.2, 0.25) is 0 Å². The lowest BCUT2D eigenvalue weighted by Gasteiger charge is -2.21. The minimum Gasteiger partial charge on any atom is -0.486 e. The lowest BCUT2D eigenvalue weighted by Crippen LogP contribution is -2.16. The number of benzene rings is 1. The third-order valence-electron chi connectivity index (χ3n) is 3.27. The van der Waals surface area contributed by atoms with Crippen LogP contribution in [0.3, 0.4) is 0 Å². The Morgan fingerprint density at radius 1 is 1.24 bits per heavy atom. The van der Waals surface area contributed by atoms with Crippen LogP contribution in [0.4, 0.5) is 0 Å². The molecule has 2 aliphatic rings. The molecule has 1 atom stereocenters. The van der Waals surface area contributed by atoms with Gasteiger partial charge < -0.3 is 14.6 Å². The Hall–Kier alpha value is -0.930. The fourth-order valence-corrected chi connectivity index (χ4v) is 2.41. The minimum atomic E-state index is -0.495. The zero-order chi connectivity index (χ0) is 11.8. The van der Waals surface area contributed by atoms with Crippen molar-refractivity contribution >= 4 is 11.6 Å². The lowest BCUT2D eigenvalue weighted by molar-refractivity contribution is 0.155. The van der Waals surface area contributed by atoms with Gasteiger partial charge in [-0.15, -0.1) is 0 Å². The van der Waals surface area contributed by atoms with Crippen molar-refractivity contribution in [1.29, 1.82) is 0 Å². The summed E-state index contributed by atoms with van der Waals surface area (Å²) in [6, 6.07) is 3.55. The predicted molar refractivity (Wildman–Crippen MR) is 64.7 cm³/mol. The number of halogens is 1. The van der Waals surface area contributed by atoms with E-state index >= 15 is 0 Å². The Bertz CT molecular complexity index is 429. The van der Waals surface area contributed by atoms with Crippen LogP contribution in [-0.4, -0.2) is 18.3 Å². The molecule has 1 aromatic carbocycles. The van der Waals surface area contributed by atoms with Crippen LogP contribution in [0.5, 0.6) is 11.5 Å². The van der Waals surface area contributed by atoms with Crippen LogP contribution in [0.1, 0.15) is 30.9 Å². The second-order valence-corrected chi connectivity index (χ2v) is 5.12. The molecule has 1 aliphatic carbocycles. The number of hydrogen-bond donors (Lipinski definition) is 1. The number of fused-ring (bicyclic) bond motifs is 1. The summed E-state index contributed by atoms with van der Waals surface area (Å²) in [7, 11) is 0. The Kier molecular flexibility index (Phi) is 2.89. The molecule has 1 saturated carbocycles. The molecule has 1 aromatic rings. The molecule has 1 aliphatic heterocycles. The van der Waals surface area contributed by atoms with E-state index in [0.717, 1.165) is 12.0 Å². The molecule has 1 N–H and O–H groups in total. The summed E-state index contributed by atoms with van der Waals surface area (Å²) in [4.78, 5) is 0. The first-order valence-electron chi connectivity index (χ1n) is 6.01. The summed E-state index contributed by atoms with van der Waals surface area (Å²) in [6.07, 6.45) is 2.74. The first-order valence-corrected chi connectivity index (χ1v) is 6.39. The molecule has 92 valence electrons. The average Bonchev–Trinajstić information content (AvgIpc) is 3.12. The molecule has 17 heavy (non-hydrogen) atoms. The molecule has 3 rings (SSSR count). The highest BCUT2D eigenvalue weighted by molar-refractivity contribution is 6.31. The summed E-state index contributed by atoms with van der Waals surface area (Å²) in [5.41, 5.74) is 0.753. The van der Waals surface area contributed by atoms with E-state index in [4.69, 9.17) is 21.1 Å². The zero-order valence-corrected chi connectivity index (χ0v) is 10.2. The van der Waals surface area contributed by atoms with Gasteiger partial charge in [0.25, 0.3) is 0 Å². The van der Waals surface area contributed by atoms with Crippen LogP contribution in [0.15, 0.2) is 12.1 Å². The standard InChI is InChI=1S/C13H15ClO3/c14-10-7-13-12(16-3-4-17-13)6-9(10)11(15)5-8-1-2-8/h6-8,11,15H,1-5H2. The van der Waals surface area contributed by atoms with Crippen LogP contribution in [0.2, 0.25) is 5.02 Å². The molecule has 3 nitrogen and oxygen atoms in total. The largest absolute Gasteiger partial charge is 0.486 e. The van der Waals surface area contributed by atoms with Gasteiger partial charge in [-0.05, 0) is 18.4 Å². The van der Waals surface area contributed by atoms with Crippen LogP contribution in [0.25, 0.3) is 0 Å². The first kappa shape index (κ1) is 11.2. The van der Waals surface area contributed by atoms with E-state index < -0.39 is 6.10 Å². The van der Waals surface area contributed by atoms with Crippen molar-refractivity contribution in [2.24, 2.45) is 5.92 Å². The molecule has 0 bridgehead atoms. The van der Waals surface area contributed by atoms with Gasteiger partial charge in [-0.3, -0.25) is 0 Å². The molecule has 0 aromatic heterocycles. The van der Waals surface area contributed by atoms with Gasteiger partial charge >= 0.3 is 0 Å². The van der Waals surface area contributed by atoms with E-state index in [9.17, 15) is 5.11 Å². The number of rotatable bonds is 3. The topological polar surface area (TPSA) is 38.7 Å². The Morgan fingerprint density at radius 2 is 1.88 bits per heavy atom. The van der Waals surface area contributed by atoms with E-state index in [1.54, 1.807) is 6.07 Å². The normalized spacial score (nSPS) is 20.1. The molecule has 1 heterocycles. The summed E-state index contributed by atoms with van der Waals surface area (Å²) < 4.78 is 10.9. The molecule has 4 heteroatoms. The molecular weight excluding hydrogens is 240 g/mol. The lowest BCUT2D eigenvalue weighted by atomic mass is 10.0. The third-order valence-corrected chi connectivity index (χ3v) is 3.60. The third kappa shape index (κ3) is 2.35. The Morgan fingerprint density at radius 3 is 2.53 bits per heavy atom. The number of hydrogen-bond acceptors (Lipinski definition) is 3. The summed E-state index contributed by atoms with van der Waals surface area (Å²) >= 11 is 6.16. The highest BCUT2D eigenvalue weighted by atomic mass is 35.5. The molecular formula is C13H15ClO3. The SMILES string of the molecule is OC(CC1CC1)c1cc2c(cc1Cl)OCCO2. The Labute approximate surface area is 105 Å². The summed E-state index contributed by atoms with van der Waals surface area (Å²) in [5, 5.41) is 10.7. The van der Waals surface area contributed by atoms with Gasteiger partial charge in [0.15, 0.2) is 11.5 Å². The van der Waals surface area contributed by atoms with Crippen molar-refractivity contribution in [2.75, 3.05) is 13.2 Å². The molecule has 0 radical (unpaired) electrons. The smallest absolute Gasteiger partial charge is 0.162 e. The van der Waals surface area contributed by atoms with Gasteiger partial charge in [0.05, 0.1) is 11.1 Å². The number of aliphatic hydroxyl groups is 1. The molecule has 0 spiro atoms. The fraction of sp³-hybridized carbons (Fsp3) is 0.538. The van der Waals surface area contributed by atoms with Gasteiger partial charge in [0.1, 0.15) is 13.2 Å².